The number of sulfonamides is 1. The van der Waals surface area contributed by atoms with E-state index in [0.717, 1.165) is 25.5 Å². The van der Waals surface area contributed by atoms with Gasteiger partial charge in [0.25, 0.3) is 0 Å². The number of nitrogens with zero attached hydrogens (tertiary/aromatic N) is 3. The number of rotatable bonds is 4. The zero-order chi connectivity index (χ0) is 17.7. The molecule has 0 amide bonds. The molecule has 2 heterocycles. The maximum atomic E-state index is 12.6. The third-order valence-electron chi connectivity index (χ3n) is 4.59. The molecule has 0 bridgehead atoms. The molecule has 0 aromatic rings. The van der Waals surface area contributed by atoms with Gasteiger partial charge in [-0.15, -0.1) is 0 Å². The van der Waals surface area contributed by atoms with Crippen molar-refractivity contribution in [3.8, 4) is 0 Å². The minimum absolute atomic E-state index is 0.0564. The van der Waals surface area contributed by atoms with Gasteiger partial charge >= 0.3 is 0 Å². The van der Waals surface area contributed by atoms with Crippen molar-refractivity contribution in [2.45, 2.75) is 45.8 Å². The Balaban J connectivity index is 1.85. The lowest BCUT2D eigenvalue weighted by atomic mass is 10.0. The summed E-state index contributed by atoms with van der Waals surface area (Å²) in [7, 11) is -1.53. The van der Waals surface area contributed by atoms with Crippen LogP contribution in [0, 0.1) is 5.92 Å². The standard InChI is InChI=1S/C16H32N4O3S/c1-13-6-5-8-19(10-13)16(17-4)18-7-9-24(21,22)20-11-14(2)23-15(3)12-20/h13-15H,5-12H2,1-4H3,(H,17,18). The predicted octanol–water partition coefficient (Wildman–Crippen LogP) is 0.733. The molecule has 3 atom stereocenters. The molecule has 0 aliphatic carbocycles. The maximum absolute atomic E-state index is 12.6. The number of guanidine groups is 1. The summed E-state index contributed by atoms with van der Waals surface area (Å²) in [6, 6.07) is 0. The summed E-state index contributed by atoms with van der Waals surface area (Å²) < 4.78 is 32.3. The maximum Gasteiger partial charge on any atom is 0.216 e. The molecule has 24 heavy (non-hydrogen) atoms. The average molecular weight is 361 g/mol. The van der Waals surface area contributed by atoms with Crippen LogP contribution in [0.25, 0.3) is 0 Å². The highest BCUT2D eigenvalue weighted by molar-refractivity contribution is 7.89. The van der Waals surface area contributed by atoms with Crippen LogP contribution in [0.2, 0.25) is 0 Å². The Hall–Kier alpha value is -0.860. The topological polar surface area (TPSA) is 74.2 Å². The molecule has 2 aliphatic rings. The summed E-state index contributed by atoms with van der Waals surface area (Å²) >= 11 is 0. The van der Waals surface area contributed by atoms with Crippen LogP contribution in [0.4, 0.5) is 0 Å². The zero-order valence-corrected chi connectivity index (χ0v) is 16.2. The molecule has 2 aliphatic heterocycles. The van der Waals surface area contributed by atoms with E-state index < -0.39 is 10.0 Å². The highest BCUT2D eigenvalue weighted by atomic mass is 32.2. The predicted molar refractivity (Wildman–Crippen MR) is 96.7 cm³/mol. The number of nitrogens with one attached hydrogen (secondary N) is 1. The van der Waals surface area contributed by atoms with Crippen LogP contribution >= 0.6 is 0 Å². The first kappa shape index (κ1) is 19.5. The van der Waals surface area contributed by atoms with E-state index in [1.165, 1.54) is 6.42 Å². The van der Waals surface area contributed by atoms with Gasteiger partial charge in [-0.25, -0.2) is 8.42 Å². The molecule has 0 aromatic carbocycles. The van der Waals surface area contributed by atoms with Crippen molar-refractivity contribution in [2.24, 2.45) is 10.9 Å². The summed E-state index contributed by atoms with van der Waals surface area (Å²) in [5, 5.41) is 3.22. The summed E-state index contributed by atoms with van der Waals surface area (Å²) in [5.74, 6) is 1.53. The highest BCUT2D eigenvalue weighted by Gasteiger charge is 2.30. The largest absolute Gasteiger partial charge is 0.373 e. The normalized spacial score (nSPS) is 30.4. The van der Waals surface area contributed by atoms with E-state index in [-0.39, 0.29) is 18.0 Å². The molecule has 3 unspecified atom stereocenters. The number of piperidine rings is 1. The average Bonchev–Trinajstić information content (AvgIpc) is 2.50. The van der Waals surface area contributed by atoms with E-state index in [9.17, 15) is 8.42 Å². The van der Waals surface area contributed by atoms with E-state index in [4.69, 9.17) is 4.74 Å². The molecular weight excluding hydrogens is 328 g/mol. The molecule has 7 nitrogen and oxygen atoms in total. The molecular formula is C16H32N4O3S. The van der Waals surface area contributed by atoms with Crippen LogP contribution in [-0.2, 0) is 14.8 Å². The Morgan fingerprint density at radius 1 is 1.21 bits per heavy atom. The van der Waals surface area contributed by atoms with Gasteiger partial charge in [0.05, 0.1) is 18.0 Å². The van der Waals surface area contributed by atoms with Crippen LogP contribution in [0.15, 0.2) is 4.99 Å². The van der Waals surface area contributed by atoms with E-state index in [1.807, 2.05) is 13.8 Å². The van der Waals surface area contributed by atoms with E-state index in [2.05, 4.69) is 22.1 Å². The van der Waals surface area contributed by atoms with E-state index in [0.29, 0.717) is 25.6 Å². The summed E-state index contributed by atoms with van der Waals surface area (Å²) in [6.07, 6.45) is 2.29. The van der Waals surface area contributed by atoms with E-state index in [1.54, 1.807) is 11.4 Å². The van der Waals surface area contributed by atoms with Crippen LogP contribution in [-0.4, -0.2) is 81.3 Å². The van der Waals surface area contributed by atoms with Gasteiger partial charge in [0.1, 0.15) is 0 Å². The lowest BCUT2D eigenvalue weighted by Crippen LogP contribution is -2.51. The second-order valence-electron chi connectivity index (χ2n) is 7.06. The molecule has 1 N–H and O–H groups in total. The van der Waals surface area contributed by atoms with Crippen molar-refractivity contribution in [3.05, 3.63) is 0 Å². The van der Waals surface area contributed by atoms with Crippen molar-refractivity contribution >= 4 is 16.0 Å². The summed E-state index contributed by atoms with van der Waals surface area (Å²) in [5.41, 5.74) is 0. The molecule has 2 rings (SSSR count). The molecule has 0 aromatic heterocycles. The van der Waals surface area contributed by atoms with Crippen molar-refractivity contribution in [2.75, 3.05) is 45.5 Å². The van der Waals surface area contributed by atoms with E-state index >= 15 is 0 Å². The molecule has 8 heteroatoms. The van der Waals surface area contributed by atoms with Gasteiger partial charge in [0, 0.05) is 39.8 Å². The van der Waals surface area contributed by atoms with Gasteiger partial charge in [0.2, 0.25) is 10.0 Å². The molecule has 2 saturated heterocycles. The Bertz CT molecular complexity index is 527. The number of hydrogen-bond donors (Lipinski definition) is 1. The van der Waals surface area contributed by atoms with Crippen LogP contribution in [0.3, 0.4) is 0 Å². The fourth-order valence-electron chi connectivity index (χ4n) is 3.49. The number of hydrogen-bond acceptors (Lipinski definition) is 4. The monoisotopic (exact) mass is 360 g/mol. The number of likely N-dealkylation sites (tertiary alicyclic amines) is 1. The highest BCUT2D eigenvalue weighted by Crippen LogP contribution is 2.16. The minimum Gasteiger partial charge on any atom is -0.373 e. The number of morpholine rings is 1. The van der Waals surface area contributed by atoms with Crippen LogP contribution in [0.5, 0.6) is 0 Å². The molecule has 140 valence electrons. The Labute approximate surface area is 146 Å². The lowest BCUT2D eigenvalue weighted by Gasteiger charge is -2.35. The smallest absolute Gasteiger partial charge is 0.216 e. The fourth-order valence-corrected chi connectivity index (χ4v) is 4.99. The Morgan fingerprint density at radius 3 is 2.46 bits per heavy atom. The molecule has 0 radical (unpaired) electrons. The zero-order valence-electron chi connectivity index (χ0n) is 15.4. The molecule has 0 saturated carbocycles. The van der Waals surface area contributed by atoms with Gasteiger partial charge in [0.15, 0.2) is 5.96 Å². The first-order chi connectivity index (χ1) is 11.3. The van der Waals surface area contributed by atoms with Crippen molar-refractivity contribution < 1.29 is 13.2 Å². The third-order valence-corrected chi connectivity index (χ3v) is 6.40. The quantitative estimate of drug-likeness (QED) is 0.591. The van der Waals surface area contributed by atoms with Gasteiger partial charge in [-0.1, -0.05) is 6.92 Å². The molecule has 0 spiro atoms. The van der Waals surface area contributed by atoms with Crippen molar-refractivity contribution in [1.29, 1.82) is 0 Å². The van der Waals surface area contributed by atoms with Crippen molar-refractivity contribution in [1.82, 2.24) is 14.5 Å². The minimum atomic E-state index is -3.28. The molecule has 2 fully saturated rings. The lowest BCUT2D eigenvalue weighted by molar-refractivity contribution is -0.0440. The van der Waals surface area contributed by atoms with Gasteiger partial charge in [-0.3, -0.25) is 4.99 Å². The summed E-state index contributed by atoms with van der Waals surface area (Å²) in [6.45, 7) is 9.27. The van der Waals surface area contributed by atoms with Crippen LogP contribution in [0.1, 0.15) is 33.6 Å². The SMILES string of the molecule is CN=C(NCCS(=O)(=O)N1CC(C)OC(C)C1)N1CCCC(C)C1. The Kier molecular flexibility index (Phi) is 6.88. The first-order valence-corrected chi connectivity index (χ1v) is 10.5. The van der Waals surface area contributed by atoms with Gasteiger partial charge < -0.3 is 15.0 Å². The number of ether oxygens (including phenoxy) is 1. The van der Waals surface area contributed by atoms with Gasteiger partial charge in [-0.05, 0) is 32.6 Å². The second-order valence-corrected chi connectivity index (χ2v) is 9.15. The summed E-state index contributed by atoms with van der Waals surface area (Å²) in [4.78, 5) is 6.53. The van der Waals surface area contributed by atoms with Crippen LogP contribution < -0.4 is 5.32 Å². The Morgan fingerprint density at radius 2 is 1.88 bits per heavy atom. The number of aliphatic imine (C=N–C) groups is 1. The fraction of sp³-hybridized carbons (Fsp3) is 0.938. The van der Waals surface area contributed by atoms with Gasteiger partial charge in [-0.2, -0.15) is 4.31 Å². The first-order valence-electron chi connectivity index (χ1n) is 8.90. The third kappa shape index (κ3) is 5.32. The second kappa shape index (κ2) is 8.49. The van der Waals surface area contributed by atoms with Crippen molar-refractivity contribution in [3.63, 3.8) is 0 Å².